The lowest BCUT2D eigenvalue weighted by Crippen LogP contribution is -2.31. The summed E-state index contributed by atoms with van der Waals surface area (Å²) in [6, 6.07) is 0. The van der Waals surface area contributed by atoms with E-state index >= 15 is 0 Å². The van der Waals surface area contributed by atoms with Gasteiger partial charge in [-0.05, 0) is 236 Å². The van der Waals surface area contributed by atoms with Crippen molar-refractivity contribution in [3.8, 4) is 0 Å². The van der Waals surface area contributed by atoms with Gasteiger partial charge in [0.15, 0.2) is 0 Å². The van der Waals surface area contributed by atoms with Crippen LogP contribution in [0.4, 0.5) is 0 Å². The molecular formula is C117H226O8. The van der Waals surface area contributed by atoms with Crippen molar-refractivity contribution in [2.45, 2.75) is 624 Å². The van der Waals surface area contributed by atoms with Gasteiger partial charge in [0, 0.05) is 25.7 Å². The first-order chi connectivity index (χ1) is 60.4. The van der Waals surface area contributed by atoms with E-state index in [1.54, 1.807) is 0 Å². The number of hydrogen-bond donors (Lipinski definition) is 0. The van der Waals surface area contributed by atoms with Gasteiger partial charge in [0.05, 0.1) is 13.2 Å². The summed E-state index contributed by atoms with van der Waals surface area (Å²) in [4.78, 5) is 48.1. The second kappa shape index (κ2) is 101. The fourth-order valence-corrected chi connectivity index (χ4v) is 16.3. The maximum atomic E-state index is 12.2. The van der Waals surface area contributed by atoms with Crippen LogP contribution in [0.25, 0.3) is 0 Å². The average molecular weight is 1760 g/mol. The van der Waals surface area contributed by atoms with E-state index < -0.39 is 0 Å². The van der Waals surface area contributed by atoms with E-state index in [9.17, 15) is 19.2 Å². The van der Waals surface area contributed by atoms with E-state index in [1.807, 2.05) is 0 Å². The van der Waals surface area contributed by atoms with Crippen molar-refractivity contribution in [1.29, 1.82) is 0 Å². The molecule has 5 atom stereocenters. The molecule has 0 saturated carbocycles. The second-order valence-electron chi connectivity index (χ2n) is 41.5. The smallest absolute Gasteiger partial charge is 0.306 e. The minimum atomic E-state index is -0.313. The number of esters is 4. The van der Waals surface area contributed by atoms with Gasteiger partial charge in [-0.15, -0.1) is 0 Å². The van der Waals surface area contributed by atoms with Crippen molar-refractivity contribution < 1.29 is 38.1 Å². The first-order valence-electron chi connectivity index (χ1n) is 55.7. The largest absolute Gasteiger partial charge is 0.466 e. The molecule has 742 valence electrons. The fraction of sp³-hybridized carbons (Fsp3) is 0.897. The molecule has 5 unspecified atom stereocenters. The summed E-state index contributed by atoms with van der Waals surface area (Å²) in [5, 5.41) is 0. The Hall–Kier alpha value is -3.16. The molecule has 0 N–H and O–H groups in total. The molecule has 8 nitrogen and oxygen atoms in total. The molecule has 0 amide bonds. The maximum absolute atomic E-state index is 12.2. The molecule has 125 heavy (non-hydrogen) atoms. The minimum absolute atomic E-state index is 0.00141. The summed E-state index contributed by atoms with van der Waals surface area (Å²) in [6.07, 6.45) is 111. The quantitative estimate of drug-likeness (QED) is 0.0257. The predicted molar refractivity (Wildman–Crippen MR) is 555 cm³/mol. The molecule has 8 heteroatoms. The molecule has 0 aromatic rings. The van der Waals surface area contributed by atoms with Crippen LogP contribution in [0.15, 0.2) is 48.6 Å². The van der Waals surface area contributed by atoms with Gasteiger partial charge in [-0.3, -0.25) is 19.2 Å². The van der Waals surface area contributed by atoms with E-state index in [-0.39, 0.29) is 35.1 Å². The highest BCUT2D eigenvalue weighted by atomic mass is 16.6. The average Bonchev–Trinajstić information content (AvgIpc) is 0.899. The number of rotatable bonds is 90. The van der Waals surface area contributed by atoms with E-state index in [0.29, 0.717) is 50.7 Å². The van der Waals surface area contributed by atoms with Crippen molar-refractivity contribution in [1.82, 2.24) is 0 Å². The monoisotopic (exact) mass is 1760 g/mol. The van der Waals surface area contributed by atoms with Gasteiger partial charge in [0.1, 0.15) is 11.2 Å². The van der Waals surface area contributed by atoms with E-state index in [0.717, 1.165) is 126 Å². The molecule has 0 radical (unpaired) electrons. The first kappa shape index (κ1) is 128. The lowest BCUT2D eigenvalue weighted by molar-refractivity contribution is -0.160. The lowest BCUT2D eigenvalue weighted by Gasteiger charge is -2.29. The standard InChI is InChI=1S/C33H64O2.3C28H54O2/c1-6-7-8-9-10-11-12-13-14-15-16-17-18-19-20-27-33(34)35-29-28-32(5)26-22-25-31(4)24-21-23-30(2)3;1-6-8-9-10-11-12-13-14-15-16-17-18-19-20-21-24-27(29)30-28(4,5)25-22-23-26(3)7-2;1-6-8-9-10-11-12-13-14-15-16-17-18-19-20-21-24-27(29)30-28(5,7-2)25-22-23-26(3)4;1-5-6-7-8-9-10-11-12-13-14-15-16-17-18-19-23-28(29)30-25-24-27(4)22-20-21-26(2)3/h13-14,30-32H,6-12,15-29H2,1-5H3;2*14-15,26H,6-13,16-25H2,1-5H3;12-13,26-27H,5-11,14-25H2,1-4H3/b14-13-;2*15-14-;13-12-. The molecular weight excluding hydrogens is 1530 g/mol. The molecule has 0 fully saturated rings. The summed E-state index contributed by atoms with van der Waals surface area (Å²) in [5.74, 6) is 5.29. The van der Waals surface area contributed by atoms with Gasteiger partial charge in [-0.25, -0.2) is 0 Å². The van der Waals surface area contributed by atoms with Crippen LogP contribution in [0.3, 0.4) is 0 Å². The highest BCUT2D eigenvalue weighted by Crippen LogP contribution is 2.28. The van der Waals surface area contributed by atoms with Crippen molar-refractivity contribution in [3.63, 3.8) is 0 Å². The Morgan fingerprint density at radius 3 is 0.728 bits per heavy atom. The normalized spacial score (nSPS) is 13.3. The third kappa shape index (κ3) is 111. The molecule has 0 rings (SSSR count). The fourth-order valence-electron chi connectivity index (χ4n) is 16.3. The van der Waals surface area contributed by atoms with Crippen LogP contribution in [-0.4, -0.2) is 48.3 Å². The van der Waals surface area contributed by atoms with E-state index in [2.05, 4.69) is 180 Å². The Kier molecular flexibility index (Phi) is 104. The third-order valence-electron chi connectivity index (χ3n) is 25.8. The molecule has 0 heterocycles. The first-order valence-corrected chi connectivity index (χ1v) is 55.7. The van der Waals surface area contributed by atoms with Crippen LogP contribution < -0.4 is 0 Å². The molecule has 0 aromatic heterocycles. The molecule has 0 aliphatic rings. The zero-order chi connectivity index (χ0) is 93.3. The van der Waals surface area contributed by atoms with Crippen LogP contribution in [0, 0.1) is 41.4 Å². The lowest BCUT2D eigenvalue weighted by atomic mass is 9.93. The maximum Gasteiger partial charge on any atom is 0.306 e. The number of unbranched alkanes of at least 4 members (excludes halogenated alkanes) is 44. The summed E-state index contributed by atoms with van der Waals surface area (Å²) < 4.78 is 22.5. The Bertz CT molecular complexity index is 2310. The molecule has 0 spiro atoms. The molecule has 0 aromatic carbocycles. The van der Waals surface area contributed by atoms with Crippen molar-refractivity contribution in [2.24, 2.45) is 41.4 Å². The number of carbonyl (C=O) groups excluding carboxylic acids is 4. The summed E-state index contributed by atoms with van der Waals surface area (Å²) in [5.41, 5.74) is -0.583. The highest BCUT2D eigenvalue weighted by molar-refractivity contribution is 5.70. The van der Waals surface area contributed by atoms with Gasteiger partial charge in [0.2, 0.25) is 0 Å². The Morgan fingerprint density at radius 2 is 0.456 bits per heavy atom. The number of carbonyl (C=O) groups is 4. The van der Waals surface area contributed by atoms with Crippen molar-refractivity contribution in [3.05, 3.63) is 48.6 Å². The Balaban J connectivity index is -0.000000783. The van der Waals surface area contributed by atoms with Crippen molar-refractivity contribution in [2.75, 3.05) is 13.2 Å². The highest BCUT2D eigenvalue weighted by Gasteiger charge is 2.27. The number of hydrogen-bond acceptors (Lipinski definition) is 8. The van der Waals surface area contributed by atoms with Crippen LogP contribution in [-0.2, 0) is 38.1 Å². The minimum Gasteiger partial charge on any atom is -0.466 e. The number of allylic oxidation sites excluding steroid dienone is 8. The van der Waals surface area contributed by atoms with Crippen LogP contribution in [0.1, 0.15) is 613 Å². The molecule has 0 aliphatic heterocycles. The zero-order valence-electron chi connectivity index (χ0n) is 88.4. The second-order valence-corrected chi connectivity index (χ2v) is 41.5. The van der Waals surface area contributed by atoms with Crippen LogP contribution >= 0.6 is 0 Å². The van der Waals surface area contributed by atoms with Gasteiger partial charge in [-0.2, -0.15) is 0 Å². The summed E-state index contributed by atoms with van der Waals surface area (Å²) in [6.45, 7) is 43.9. The Labute approximate surface area is 784 Å². The third-order valence-corrected chi connectivity index (χ3v) is 25.8. The predicted octanol–water partition coefficient (Wildman–Crippen LogP) is 39.8. The van der Waals surface area contributed by atoms with Gasteiger partial charge < -0.3 is 18.9 Å². The van der Waals surface area contributed by atoms with Crippen LogP contribution in [0.5, 0.6) is 0 Å². The van der Waals surface area contributed by atoms with Crippen LogP contribution in [0.2, 0.25) is 0 Å². The zero-order valence-corrected chi connectivity index (χ0v) is 88.4. The molecule has 0 aliphatic carbocycles. The topological polar surface area (TPSA) is 105 Å². The van der Waals surface area contributed by atoms with Gasteiger partial charge in [0.25, 0.3) is 0 Å². The molecule has 0 saturated heterocycles. The summed E-state index contributed by atoms with van der Waals surface area (Å²) >= 11 is 0. The SMILES string of the molecule is CCCCCCCC/C=C\CCCCCCCC(=O)OC(C)(C)CCCC(C)CC.CCCCCCCC/C=C\CCCCCCCC(=O)OC(C)(CC)CCCC(C)C.CCCCCCCC/C=C\CCCCCCCC(=O)OCCC(C)CCCC(C)C.CCCCCCCC/C=C\CCCCCCCC(=O)OCCC(C)CCCC(C)CCCC(C)C. The number of ether oxygens (including phenoxy) is 4. The molecule has 0 bridgehead atoms. The summed E-state index contributed by atoms with van der Waals surface area (Å²) in [7, 11) is 0. The van der Waals surface area contributed by atoms with E-state index in [4.69, 9.17) is 18.9 Å². The van der Waals surface area contributed by atoms with Crippen molar-refractivity contribution >= 4 is 23.9 Å². The van der Waals surface area contributed by atoms with E-state index in [1.165, 1.54) is 360 Å². The van der Waals surface area contributed by atoms with Gasteiger partial charge >= 0.3 is 23.9 Å². The Morgan fingerprint density at radius 1 is 0.232 bits per heavy atom. The van der Waals surface area contributed by atoms with Gasteiger partial charge in [-0.1, -0.05) is 442 Å².